The van der Waals surface area contributed by atoms with Gasteiger partial charge < -0.3 is 25.4 Å². The largest absolute Gasteiger partial charge is 0.493 e. The van der Waals surface area contributed by atoms with Crippen molar-refractivity contribution in [1.82, 2.24) is 0 Å². The number of carboxylic acid groups (broad SMARTS) is 1. The molecule has 0 radical (unpaired) electrons. The zero-order valence-corrected chi connectivity index (χ0v) is 17.1. The highest BCUT2D eigenvalue weighted by atomic mass is 16.5. The molecule has 0 aliphatic carbocycles. The number of ether oxygens (including phenoxy) is 2. The molecule has 4 unspecified atom stereocenters. The van der Waals surface area contributed by atoms with Crippen LogP contribution in [0.3, 0.4) is 0 Å². The lowest BCUT2D eigenvalue weighted by molar-refractivity contribution is -0.142. The number of aliphatic hydroxyl groups is 1. The van der Waals surface area contributed by atoms with Crippen molar-refractivity contribution in [1.29, 1.82) is 5.26 Å². The third-order valence-electron chi connectivity index (χ3n) is 5.05. The number of hydrogen-bond donors (Lipinski definition) is 3. The first kappa shape index (κ1) is 23.7. The molecule has 0 saturated heterocycles. The molecule has 4 atom stereocenters. The van der Waals surface area contributed by atoms with Crippen LogP contribution in [-0.4, -0.2) is 42.0 Å². The van der Waals surface area contributed by atoms with E-state index in [4.69, 9.17) is 25.6 Å². The zero-order chi connectivity index (χ0) is 21.3. The van der Waals surface area contributed by atoms with Gasteiger partial charge in [0, 0.05) is 6.04 Å². The van der Waals surface area contributed by atoms with Crippen LogP contribution in [0.1, 0.15) is 39.2 Å². The third-order valence-corrected chi connectivity index (χ3v) is 5.05. The van der Waals surface area contributed by atoms with Gasteiger partial charge in [0.25, 0.3) is 0 Å². The molecule has 0 amide bonds. The second-order valence-electron chi connectivity index (χ2n) is 7.58. The number of nitrogens with zero attached hydrogens (tertiary/aromatic N) is 1. The van der Waals surface area contributed by atoms with E-state index in [9.17, 15) is 9.90 Å². The van der Waals surface area contributed by atoms with E-state index in [0.717, 1.165) is 12.0 Å². The van der Waals surface area contributed by atoms with Gasteiger partial charge >= 0.3 is 5.97 Å². The molecule has 1 aromatic rings. The minimum Gasteiger partial charge on any atom is -0.493 e. The van der Waals surface area contributed by atoms with Gasteiger partial charge in [0.15, 0.2) is 18.1 Å². The summed E-state index contributed by atoms with van der Waals surface area (Å²) in [6.07, 6.45) is 0.568. The summed E-state index contributed by atoms with van der Waals surface area (Å²) in [6.45, 7) is 5.70. The molecular weight excluding hydrogens is 360 g/mol. The van der Waals surface area contributed by atoms with Crippen LogP contribution in [0, 0.1) is 29.1 Å². The van der Waals surface area contributed by atoms with Gasteiger partial charge in [-0.05, 0) is 48.8 Å². The lowest BCUT2D eigenvalue weighted by Crippen LogP contribution is -2.39. The SMILES string of the molecule is COc1ccc(CC(CC(N)C(O)CC(C)C(=O)O)C(C)C)cc1OCC#N. The van der Waals surface area contributed by atoms with E-state index in [1.165, 1.54) is 0 Å². The average molecular weight is 392 g/mol. The molecule has 0 heterocycles. The van der Waals surface area contributed by atoms with Crippen LogP contribution in [0.2, 0.25) is 0 Å². The maximum absolute atomic E-state index is 11.0. The predicted molar refractivity (Wildman–Crippen MR) is 106 cm³/mol. The van der Waals surface area contributed by atoms with Crippen molar-refractivity contribution in [2.45, 2.75) is 52.2 Å². The highest BCUT2D eigenvalue weighted by Crippen LogP contribution is 2.31. The summed E-state index contributed by atoms with van der Waals surface area (Å²) in [5.41, 5.74) is 7.20. The maximum Gasteiger partial charge on any atom is 0.306 e. The molecule has 156 valence electrons. The summed E-state index contributed by atoms with van der Waals surface area (Å²) in [7, 11) is 1.55. The quantitative estimate of drug-likeness (QED) is 0.499. The number of hydrogen-bond acceptors (Lipinski definition) is 6. The summed E-state index contributed by atoms with van der Waals surface area (Å²) in [4.78, 5) is 11.0. The Kier molecular flexibility index (Phi) is 9.77. The van der Waals surface area contributed by atoms with Crippen LogP contribution in [-0.2, 0) is 11.2 Å². The summed E-state index contributed by atoms with van der Waals surface area (Å²) >= 11 is 0. The molecule has 28 heavy (non-hydrogen) atoms. The van der Waals surface area contributed by atoms with Gasteiger partial charge in [-0.25, -0.2) is 0 Å². The first-order valence-corrected chi connectivity index (χ1v) is 9.52. The van der Waals surface area contributed by atoms with Gasteiger partial charge in [-0.1, -0.05) is 26.8 Å². The topological polar surface area (TPSA) is 126 Å². The smallest absolute Gasteiger partial charge is 0.306 e. The van der Waals surface area contributed by atoms with Crippen molar-refractivity contribution in [3.63, 3.8) is 0 Å². The lowest BCUT2D eigenvalue weighted by atomic mass is 9.82. The minimum atomic E-state index is -0.935. The number of carboxylic acids is 1. The van der Waals surface area contributed by atoms with E-state index in [2.05, 4.69) is 13.8 Å². The Morgan fingerprint density at radius 3 is 2.46 bits per heavy atom. The molecular formula is C21H32N2O5. The first-order valence-electron chi connectivity index (χ1n) is 9.52. The molecule has 4 N–H and O–H groups in total. The zero-order valence-electron chi connectivity index (χ0n) is 17.1. The van der Waals surface area contributed by atoms with Gasteiger partial charge in [0.05, 0.1) is 19.1 Å². The molecule has 0 fully saturated rings. The number of aliphatic carboxylic acids is 1. The lowest BCUT2D eigenvalue weighted by Gasteiger charge is -2.28. The average Bonchev–Trinajstić information content (AvgIpc) is 2.65. The van der Waals surface area contributed by atoms with E-state index in [1.807, 2.05) is 24.3 Å². The Bertz CT molecular complexity index is 671. The van der Waals surface area contributed by atoms with E-state index < -0.39 is 24.0 Å². The van der Waals surface area contributed by atoms with Crippen LogP contribution >= 0.6 is 0 Å². The third kappa shape index (κ3) is 7.37. The van der Waals surface area contributed by atoms with Crippen molar-refractivity contribution < 1.29 is 24.5 Å². The molecule has 0 aliphatic heterocycles. The van der Waals surface area contributed by atoms with Gasteiger partial charge in [0.2, 0.25) is 0 Å². The van der Waals surface area contributed by atoms with Gasteiger partial charge in [-0.3, -0.25) is 4.79 Å². The Hall–Kier alpha value is -2.30. The van der Waals surface area contributed by atoms with Crippen LogP contribution in [0.15, 0.2) is 18.2 Å². The second kappa shape index (κ2) is 11.5. The fourth-order valence-electron chi connectivity index (χ4n) is 3.11. The molecule has 1 rings (SSSR count). The van der Waals surface area contributed by atoms with E-state index in [0.29, 0.717) is 23.8 Å². The molecule has 1 aromatic carbocycles. The number of benzene rings is 1. The first-order chi connectivity index (χ1) is 13.2. The van der Waals surface area contributed by atoms with E-state index in [1.54, 1.807) is 14.0 Å². The molecule has 0 bridgehead atoms. The van der Waals surface area contributed by atoms with Crippen molar-refractivity contribution >= 4 is 5.97 Å². The number of nitriles is 1. The standard InChI is InChI=1S/C21H32N2O5/c1-13(2)16(12-17(23)18(24)9-14(3)21(25)26)10-15-5-6-19(27-4)20(11-15)28-8-7-22/h5-6,11,13-14,16-18,24H,8-10,12,23H2,1-4H3,(H,25,26). The molecule has 0 spiro atoms. The van der Waals surface area contributed by atoms with E-state index in [-0.39, 0.29) is 18.9 Å². The van der Waals surface area contributed by atoms with Gasteiger partial charge in [-0.2, -0.15) is 5.26 Å². The van der Waals surface area contributed by atoms with Gasteiger partial charge in [-0.15, -0.1) is 0 Å². The Labute approximate surface area is 167 Å². The number of nitrogens with two attached hydrogens (primary N) is 1. The Balaban J connectivity index is 2.84. The summed E-state index contributed by atoms with van der Waals surface area (Å²) in [6, 6.07) is 7.06. The van der Waals surface area contributed by atoms with Crippen LogP contribution in [0.4, 0.5) is 0 Å². The molecule has 7 heteroatoms. The maximum atomic E-state index is 11.0. The molecule has 0 aliphatic rings. The van der Waals surface area contributed by atoms with Crippen molar-refractivity contribution in [3.8, 4) is 17.6 Å². The second-order valence-corrected chi connectivity index (χ2v) is 7.58. The fraction of sp³-hybridized carbons (Fsp3) is 0.619. The van der Waals surface area contributed by atoms with Crippen LogP contribution in [0.25, 0.3) is 0 Å². The highest BCUT2D eigenvalue weighted by molar-refractivity contribution is 5.69. The van der Waals surface area contributed by atoms with Crippen LogP contribution in [0.5, 0.6) is 11.5 Å². The normalized spacial score (nSPS) is 15.4. The monoisotopic (exact) mass is 392 g/mol. The number of rotatable bonds is 12. The molecule has 7 nitrogen and oxygen atoms in total. The minimum absolute atomic E-state index is 0.0632. The predicted octanol–water partition coefficient (Wildman–Crippen LogP) is 2.60. The van der Waals surface area contributed by atoms with Crippen LogP contribution < -0.4 is 15.2 Å². The van der Waals surface area contributed by atoms with E-state index >= 15 is 0 Å². The summed E-state index contributed by atoms with van der Waals surface area (Å²) in [5, 5.41) is 28.0. The summed E-state index contributed by atoms with van der Waals surface area (Å²) in [5.74, 6) is 0.0241. The van der Waals surface area contributed by atoms with Gasteiger partial charge in [0.1, 0.15) is 6.07 Å². The summed E-state index contributed by atoms with van der Waals surface area (Å²) < 4.78 is 10.7. The Morgan fingerprint density at radius 2 is 1.93 bits per heavy atom. The molecule has 0 saturated carbocycles. The fourth-order valence-corrected chi connectivity index (χ4v) is 3.11. The number of aliphatic hydroxyl groups excluding tert-OH is 1. The highest BCUT2D eigenvalue weighted by Gasteiger charge is 2.26. The molecule has 0 aromatic heterocycles. The Morgan fingerprint density at radius 1 is 1.25 bits per heavy atom. The van der Waals surface area contributed by atoms with Crippen molar-refractivity contribution in [2.75, 3.05) is 13.7 Å². The number of carbonyl (C=O) groups is 1. The number of methoxy groups -OCH3 is 1. The van der Waals surface area contributed by atoms with Crippen molar-refractivity contribution in [2.24, 2.45) is 23.5 Å². The van der Waals surface area contributed by atoms with Crippen molar-refractivity contribution in [3.05, 3.63) is 23.8 Å².